The van der Waals surface area contributed by atoms with Gasteiger partial charge in [-0.3, -0.25) is 0 Å². The van der Waals surface area contributed by atoms with Crippen LogP contribution in [0.2, 0.25) is 0 Å². The van der Waals surface area contributed by atoms with Crippen LogP contribution in [0.5, 0.6) is 0 Å². The number of benzene rings is 1. The van der Waals surface area contributed by atoms with Crippen LogP contribution in [0.3, 0.4) is 0 Å². The van der Waals surface area contributed by atoms with Gasteiger partial charge in [0.1, 0.15) is 11.2 Å². The lowest BCUT2D eigenvalue weighted by atomic mass is 10.3. The number of amides is 2. The molecule has 2 heterocycles. The fourth-order valence-corrected chi connectivity index (χ4v) is 4.34. The Morgan fingerprint density at radius 1 is 1.35 bits per heavy atom. The number of carbonyl (C=O) groups excluding carboxylic acids is 1. The molecule has 1 N–H and O–H groups in total. The van der Waals surface area contributed by atoms with Gasteiger partial charge in [-0.15, -0.1) is 23.1 Å². The monoisotopic (exact) mass is 308 g/mol. The van der Waals surface area contributed by atoms with Crippen LogP contribution in [0.1, 0.15) is 10.3 Å². The first-order valence-corrected chi connectivity index (χ1v) is 8.15. The zero-order chi connectivity index (χ0) is 13.9. The highest BCUT2D eigenvalue weighted by Crippen LogP contribution is 2.40. The first-order valence-electron chi connectivity index (χ1n) is 6.22. The van der Waals surface area contributed by atoms with E-state index in [4.69, 9.17) is 0 Å². The third-order valence-electron chi connectivity index (χ3n) is 3.01. The Kier molecular flexibility index (Phi) is 3.93. The van der Waals surface area contributed by atoms with Crippen LogP contribution in [0.4, 0.5) is 14.9 Å². The number of rotatable bonds is 2. The minimum Gasteiger partial charge on any atom is -0.308 e. The van der Waals surface area contributed by atoms with Gasteiger partial charge in [-0.25, -0.2) is 9.18 Å². The van der Waals surface area contributed by atoms with Crippen molar-refractivity contribution in [3.05, 3.63) is 52.5 Å². The van der Waals surface area contributed by atoms with Gasteiger partial charge in [0.15, 0.2) is 0 Å². The molecule has 20 heavy (non-hydrogen) atoms. The number of thioether (sulfide) groups is 1. The topological polar surface area (TPSA) is 32.3 Å². The quantitative estimate of drug-likeness (QED) is 0.903. The number of hydrogen-bond acceptors (Lipinski definition) is 3. The van der Waals surface area contributed by atoms with Crippen molar-refractivity contribution < 1.29 is 9.18 Å². The molecule has 1 fully saturated rings. The van der Waals surface area contributed by atoms with Crippen molar-refractivity contribution in [2.45, 2.75) is 5.37 Å². The first-order chi connectivity index (χ1) is 9.74. The molecular formula is C14H13FN2OS2. The Bertz CT molecular complexity index is 603. The summed E-state index contributed by atoms with van der Waals surface area (Å²) in [6.07, 6.45) is 0. The van der Waals surface area contributed by atoms with E-state index in [2.05, 4.69) is 5.32 Å². The summed E-state index contributed by atoms with van der Waals surface area (Å²) in [5.74, 6) is 0.562. The minimum atomic E-state index is -0.353. The molecule has 1 aromatic carbocycles. The van der Waals surface area contributed by atoms with Crippen LogP contribution < -0.4 is 5.32 Å². The summed E-state index contributed by atoms with van der Waals surface area (Å²) in [5, 5.41) is 4.82. The van der Waals surface area contributed by atoms with E-state index in [9.17, 15) is 9.18 Å². The van der Waals surface area contributed by atoms with Crippen molar-refractivity contribution in [1.82, 2.24) is 4.90 Å². The average molecular weight is 308 g/mol. The maximum atomic E-state index is 13.1. The van der Waals surface area contributed by atoms with Crippen molar-refractivity contribution in [2.24, 2.45) is 0 Å². The lowest BCUT2D eigenvalue weighted by Gasteiger charge is -2.23. The molecule has 104 valence electrons. The van der Waals surface area contributed by atoms with Gasteiger partial charge in [0.05, 0.1) is 0 Å². The second-order valence-electron chi connectivity index (χ2n) is 4.37. The van der Waals surface area contributed by atoms with Gasteiger partial charge >= 0.3 is 6.03 Å². The Hall–Kier alpha value is -1.53. The molecule has 2 aromatic rings. The molecule has 0 aliphatic carbocycles. The molecule has 0 radical (unpaired) electrons. The number of nitrogens with one attached hydrogen (secondary N) is 1. The minimum absolute atomic E-state index is 0.0589. The summed E-state index contributed by atoms with van der Waals surface area (Å²) in [7, 11) is 0. The Morgan fingerprint density at radius 2 is 2.25 bits per heavy atom. The van der Waals surface area contributed by atoms with Gasteiger partial charge in [-0.05, 0) is 29.6 Å². The van der Waals surface area contributed by atoms with Gasteiger partial charge in [-0.2, -0.15) is 0 Å². The predicted molar refractivity (Wildman–Crippen MR) is 81.6 cm³/mol. The number of thiophene rings is 1. The van der Waals surface area contributed by atoms with Crippen LogP contribution in [0.15, 0.2) is 41.8 Å². The summed E-state index contributed by atoms with van der Waals surface area (Å²) in [6.45, 7) is 0.703. The normalized spacial score (nSPS) is 18.2. The molecule has 0 spiro atoms. The smallest absolute Gasteiger partial charge is 0.308 e. The molecule has 1 saturated heterocycles. The van der Waals surface area contributed by atoms with Gasteiger partial charge in [0.25, 0.3) is 0 Å². The second-order valence-corrected chi connectivity index (χ2v) is 6.54. The summed E-state index contributed by atoms with van der Waals surface area (Å²) in [4.78, 5) is 15.3. The van der Waals surface area contributed by atoms with Crippen LogP contribution in [-0.4, -0.2) is 23.2 Å². The summed E-state index contributed by atoms with van der Waals surface area (Å²) in [5.41, 5.74) is 0.483. The van der Waals surface area contributed by atoms with E-state index in [1.807, 2.05) is 17.5 Å². The van der Waals surface area contributed by atoms with Crippen molar-refractivity contribution in [1.29, 1.82) is 0 Å². The fraction of sp³-hybridized carbons (Fsp3) is 0.214. The molecule has 1 aromatic heterocycles. The van der Waals surface area contributed by atoms with Crippen molar-refractivity contribution >= 4 is 34.8 Å². The van der Waals surface area contributed by atoms with E-state index in [1.165, 1.54) is 17.0 Å². The molecule has 0 bridgehead atoms. The first kappa shape index (κ1) is 13.5. The third-order valence-corrected chi connectivity index (χ3v) is 5.33. The van der Waals surface area contributed by atoms with Crippen LogP contribution in [0.25, 0.3) is 0 Å². The number of halogens is 1. The molecule has 6 heteroatoms. The molecule has 1 aliphatic rings. The summed E-state index contributed by atoms with van der Waals surface area (Å²) >= 11 is 3.40. The zero-order valence-electron chi connectivity index (χ0n) is 10.6. The number of carbonyl (C=O) groups is 1. The maximum Gasteiger partial charge on any atom is 0.323 e. The molecule has 3 nitrogen and oxygen atoms in total. The van der Waals surface area contributed by atoms with Gasteiger partial charge in [-0.1, -0.05) is 12.1 Å². The zero-order valence-corrected chi connectivity index (χ0v) is 12.2. The van der Waals surface area contributed by atoms with Gasteiger partial charge in [0.2, 0.25) is 0 Å². The molecule has 1 atom stereocenters. The average Bonchev–Trinajstić information content (AvgIpc) is 3.09. The largest absolute Gasteiger partial charge is 0.323 e. The lowest BCUT2D eigenvalue weighted by Crippen LogP contribution is -2.34. The summed E-state index contributed by atoms with van der Waals surface area (Å²) in [6, 6.07) is 9.79. The molecule has 0 unspecified atom stereocenters. The van der Waals surface area contributed by atoms with Crippen molar-refractivity contribution in [3.8, 4) is 0 Å². The molecule has 0 saturated carbocycles. The van der Waals surface area contributed by atoms with E-state index in [0.29, 0.717) is 12.2 Å². The number of anilines is 1. The maximum absolute atomic E-state index is 13.1. The highest BCUT2D eigenvalue weighted by Gasteiger charge is 2.31. The number of hydrogen-bond donors (Lipinski definition) is 1. The Labute approximate surface area is 124 Å². The number of nitrogens with zero attached hydrogens (tertiary/aromatic N) is 1. The van der Waals surface area contributed by atoms with E-state index in [0.717, 1.165) is 5.75 Å². The Morgan fingerprint density at radius 3 is 3.00 bits per heavy atom. The Balaban J connectivity index is 1.73. The van der Waals surface area contributed by atoms with Gasteiger partial charge in [0, 0.05) is 22.9 Å². The standard InChI is InChI=1S/C14H13FN2OS2/c15-10-3-1-4-11(9-10)16-14(18)17-6-8-20-13(17)12-5-2-7-19-12/h1-5,7,9,13H,6,8H2,(H,16,18)/t13-/m1/s1. The van der Waals surface area contributed by atoms with Gasteiger partial charge < -0.3 is 10.2 Å². The predicted octanol–water partition coefficient (Wildman–Crippen LogP) is 4.17. The second kappa shape index (κ2) is 5.85. The molecule has 3 rings (SSSR count). The molecule has 2 amide bonds. The highest BCUT2D eigenvalue weighted by atomic mass is 32.2. The van der Waals surface area contributed by atoms with E-state index in [-0.39, 0.29) is 17.2 Å². The van der Waals surface area contributed by atoms with Crippen LogP contribution >= 0.6 is 23.1 Å². The fourth-order valence-electron chi connectivity index (χ4n) is 2.11. The third kappa shape index (κ3) is 2.81. The van der Waals surface area contributed by atoms with E-state index in [1.54, 1.807) is 40.1 Å². The SMILES string of the molecule is O=C(Nc1cccc(F)c1)N1CCS[C@@H]1c1cccs1. The van der Waals surface area contributed by atoms with E-state index < -0.39 is 0 Å². The van der Waals surface area contributed by atoms with Crippen molar-refractivity contribution in [2.75, 3.05) is 17.6 Å². The lowest BCUT2D eigenvalue weighted by molar-refractivity contribution is 0.215. The van der Waals surface area contributed by atoms with Crippen molar-refractivity contribution in [3.63, 3.8) is 0 Å². The van der Waals surface area contributed by atoms with Crippen LogP contribution in [-0.2, 0) is 0 Å². The number of urea groups is 1. The van der Waals surface area contributed by atoms with E-state index >= 15 is 0 Å². The molecule has 1 aliphatic heterocycles. The molecular weight excluding hydrogens is 295 g/mol. The van der Waals surface area contributed by atoms with Crippen LogP contribution in [0, 0.1) is 5.82 Å². The highest BCUT2D eigenvalue weighted by molar-refractivity contribution is 7.99. The summed E-state index contributed by atoms with van der Waals surface area (Å²) < 4.78 is 13.1.